The third-order valence-electron chi connectivity index (χ3n) is 0.134. The lowest BCUT2D eigenvalue weighted by atomic mass is 10.9. The van der Waals surface area contributed by atoms with Crippen LogP contribution in [0.1, 0.15) is 0 Å². The van der Waals surface area contributed by atoms with Gasteiger partial charge in [0.25, 0.3) is 0 Å². The lowest BCUT2D eigenvalue weighted by molar-refractivity contribution is -0.107. The molecule has 5 nitrogen and oxygen atoms in total. The summed E-state index contributed by atoms with van der Waals surface area (Å²) in [6.45, 7) is 0. The van der Waals surface area contributed by atoms with Crippen LogP contribution in [0.3, 0.4) is 0 Å². The van der Waals surface area contributed by atoms with E-state index in [1.165, 1.54) is 0 Å². The highest BCUT2D eigenvalue weighted by atomic mass is 35.6. The maximum Gasteiger partial charge on any atom is 0.245 e. The molecule has 0 amide bonds. The van der Waals surface area contributed by atoms with Gasteiger partial charge in [0.1, 0.15) is 0 Å². The zero-order valence-corrected chi connectivity index (χ0v) is 6.89. The number of halogens is 3. The normalized spacial score (nSPS) is 6.70. The fraction of sp³-hybridized carbons (Fsp3) is 0.500. The first-order valence-corrected chi connectivity index (χ1v) is 2.23. The van der Waals surface area contributed by atoms with E-state index in [9.17, 15) is 4.79 Å². The van der Waals surface area contributed by atoms with E-state index in [-0.39, 0.29) is 28.2 Å². The summed E-state index contributed by atoms with van der Waals surface area (Å²) >= 11 is 14.6. The highest BCUT2D eigenvalue weighted by Gasteiger charge is 2.16. The second-order valence-electron chi connectivity index (χ2n) is 0.659. The van der Waals surface area contributed by atoms with Crippen molar-refractivity contribution >= 4 is 41.1 Å². The second kappa shape index (κ2) is 12.1. The molecule has 0 saturated carbocycles. The molecule has 0 spiro atoms. The van der Waals surface area contributed by atoms with E-state index in [1.54, 1.807) is 0 Å². The molecule has 0 aliphatic carbocycles. The molecule has 8 heteroatoms. The van der Waals surface area contributed by atoms with Gasteiger partial charge < -0.3 is 21.9 Å². The maximum absolute atomic E-state index is 9.43. The van der Waals surface area contributed by atoms with E-state index in [1.807, 2.05) is 0 Å². The summed E-state index contributed by atoms with van der Waals surface area (Å²) in [6.07, 6.45) is 0.234. The molecule has 0 radical (unpaired) electrons. The zero-order chi connectivity index (χ0) is 5.21. The first-order valence-electron chi connectivity index (χ1n) is 1.09. The van der Waals surface area contributed by atoms with Crippen molar-refractivity contribution in [3.63, 3.8) is 0 Å². The van der Waals surface area contributed by atoms with Crippen LogP contribution >= 0.6 is 34.8 Å². The minimum Gasteiger partial charge on any atom is -0.412 e. The van der Waals surface area contributed by atoms with Gasteiger partial charge in [0, 0.05) is 0 Å². The summed E-state index contributed by atoms with van der Waals surface area (Å²) in [5.41, 5.74) is 0. The molecule has 0 aromatic rings. The molecule has 0 atom stereocenters. The molecule has 0 aliphatic rings. The Bertz CT molecular complexity index is 60.4. The van der Waals surface area contributed by atoms with E-state index in [0.717, 1.165) is 0 Å². The van der Waals surface area contributed by atoms with Crippen LogP contribution in [0.4, 0.5) is 0 Å². The summed E-state index contributed by atoms with van der Waals surface area (Å²) in [4.78, 5) is 9.43. The van der Waals surface area contributed by atoms with Crippen molar-refractivity contribution < 1.29 is 26.7 Å². The van der Waals surface area contributed by atoms with E-state index in [0.29, 0.717) is 0 Å². The van der Waals surface area contributed by atoms with E-state index < -0.39 is 3.79 Å². The molecule has 10 heavy (non-hydrogen) atoms. The minimum atomic E-state index is -1.72. The Morgan fingerprint density at radius 2 is 1.00 bits per heavy atom. The summed E-state index contributed by atoms with van der Waals surface area (Å²) < 4.78 is -1.72. The van der Waals surface area contributed by atoms with Crippen molar-refractivity contribution in [3.8, 4) is 0 Å². The Balaban J connectivity index is -0.0000000208. The molecule has 8 N–H and O–H groups in total. The Labute approximate surface area is 72.1 Å². The predicted molar refractivity (Wildman–Crippen MR) is 40.8 cm³/mol. The van der Waals surface area contributed by atoms with Crippen molar-refractivity contribution in [1.29, 1.82) is 0 Å². The number of carbonyl (C=O) groups excluding carboxylic acids is 1. The van der Waals surface area contributed by atoms with E-state index in [4.69, 9.17) is 34.8 Å². The molecular formula is C2H9Cl3O5. The van der Waals surface area contributed by atoms with Gasteiger partial charge >= 0.3 is 0 Å². The largest absolute Gasteiger partial charge is 0.412 e. The van der Waals surface area contributed by atoms with Gasteiger partial charge in [-0.2, -0.15) is 0 Å². The molecule has 0 unspecified atom stereocenters. The van der Waals surface area contributed by atoms with Crippen molar-refractivity contribution in [1.82, 2.24) is 0 Å². The van der Waals surface area contributed by atoms with Crippen LogP contribution in [0.15, 0.2) is 0 Å². The Morgan fingerprint density at radius 3 is 1.00 bits per heavy atom. The van der Waals surface area contributed by atoms with Crippen LogP contribution < -0.4 is 0 Å². The highest BCUT2D eigenvalue weighted by Crippen LogP contribution is 2.21. The third-order valence-corrected chi connectivity index (χ3v) is 0.401. The van der Waals surface area contributed by atoms with E-state index in [2.05, 4.69) is 0 Å². The quantitative estimate of drug-likeness (QED) is 0.346. The lowest BCUT2D eigenvalue weighted by Gasteiger charge is -1.93. The number of alkyl halides is 3. The fourth-order valence-electron chi connectivity index (χ4n) is 0. The first-order chi connectivity index (χ1) is 2.56. The number of aldehydes is 1. The third kappa shape index (κ3) is 40.0. The van der Waals surface area contributed by atoms with Gasteiger partial charge in [-0.25, -0.2) is 0 Å². The van der Waals surface area contributed by atoms with Gasteiger partial charge in [0.2, 0.25) is 3.79 Å². The topological polar surface area (TPSA) is 143 Å². The summed E-state index contributed by atoms with van der Waals surface area (Å²) in [7, 11) is 0. The van der Waals surface area contributed by atoms with Gasteiger partial charge in [0.15, 0.2) is 6.29 Å². The smallest absolute Gasteiger partial charge is 0.245 e. The number of rotatable bonds is 0. The standard InChI is InChI=1S/C2HCl3O.4H2O/c3-2(4,5)1-6;;;;/h1H;4*1H2. The number of hydrogen-bond acceptors (Lipinski definition) is 1. The molecule has 0 aromatic heterocycles. The molecule has 0 aromatic carbocycles. The zero-order valence-electron chi connectivity index (χ0n) is 4.62. The van der Waals surface area contributed by atoms with Crippen molar-refractivity contribution in [2.24, 2.45) is 0 Å². The van der Waals surface area contributed by atoms with Gasteiger partial charge in [-0.15, -0.1) is 0 Å². The van der Waals surface area contributed by atoms with Gasteiger partial charge in [0.05, 0.1) is 0 Å². The second-order valence-corrected chi connectivity index (χ2v) is 3.03. The Kier molecular flexibility index (Phi) is 38.2. The predicted octanol–water partition coefficient (Wildman–Crippen LogP) is -1.74. The van der Waals surface area contributed by atoms with Crippen molar-refractivity contribution in [2.45, 2.75) is 3.79 Å². The summed E-state index contributed by atoms with van der Waals surface area (Å²) in [5, 5.41) is 0. The number of hydrogen-bond donors (Lipinski definition) is 0. The van der Waals surface area contributed by atoms with Gasteiger partial charge in [-0.3, -0.25) is 4.79 Å². The highest BCUT2D eigenvalue weighted by molar-refractivity contribution is 6.74. The average molecular weight is 219 g/mol. The van der Waals surface area contributed by atoms with Crippen LogP contribution in [0, 0.1) is 0 Å². The minimum absolute atomic E-state index is 0. The molecule has 0 bridgehead atoms. The van der Waals surface area contributed by atoms with Crippen LogP contribution in [0.25, 0.3) is 0 Å². The molecule has 0 aliphatic heterocycles. The van der Waals surface area contributed by atoms with Crippen LogP contribution in [0.2, 0.25) is 0 Å². The van der Waals surface area contributed by atoms with Gasteiger partial charge in [-0.05, 0) is 0 Å². The average Bonchev–Trinajstić information content (AvgIpc) is 1.35. The molecular weight excluding hydrogens is 210 g/mol. The molecule has 0 fully saturated rings. The van der Waals surface area contributed by atoms with Crippen LogP contribution in [-0.4, -0.2) is 32.0 Å². The molecule has 0 heterocycles. The Hall–Kier alpha value is 0.380. The van der Waals surface area contributed by atoms with E-state index >= 15 is 0 Å². The van der Waals surface area contributed by atoms with Crippen LogP contribution in [0.5, 0.6) is 0 Å². The first kappa shape index (κ1) is 31.6. The maximum atomic E-state index is 9.43. The van der Waals surface area contributed by atoms with Crippen molar-refractivity contribution in [3.05, 3.63) is 0 Å². The monoisotopic (exact) mass is 218 g/mol. The molecule has 68 valence electrons. The summed E-state index contributed by atoms with van der Waals surface area (Å²) in [5.74, 6) is 0. The number of carbonyl (C=O) groups is 1. The van der Waals surface area contributed by atoms with Crippen molar-refractivity contribution in [2.75, 3.05) is 0 Å². The Morgan fingerprint density at radius 1 is 0.900 bits per heavy atom. The summed E-state index contributed by atoms with van der Waals surface area (Å²) in [6, 6.07) is 0. The van der Waals surface area contributed by atoms with Gasteiger partial charge in [-0.1, -0.05) is 34.8 Å². The lowest BCUT2D eigenvalue weighted by Crippen LogP contribution is -2.00. The fourth-order valence-corrected chi connectivity index (χ4v) is 0. The SMILES string of the molecule is O.O.O.O.O=CC(Cl)(Cl)Cl. The van der Waals surface area contributed by atoms with Crippen LogP contribution in [-0.2, 0) is 4.79 Å². The molecule has 0 rings (SSSR count). The molecule has 0 saturated heterocycles.